The van der Waals surface area contributed by atoms with Crippen molar-refractivity contribution in [3.63, 3.8) is 0 Å². The number of carbonyl (C=O) groups excluding carboxylic acids is 1. The van der Waals surface area contributed by atoms with Crippen molar-refractivity contribution >= 4 is 23.4 Å². The molecule has 10 heteroatoms. The number of anilines is 1. The number of fused-ring (bicyclic) bond motifs is 1. The van der Waals surface area contributed by atoms with Crippen LogP contribution < -0.4 is 20.3 Å². The molecule has 0 aliphatic carbocycles. The number of alkyl halides is 2. The van der Waals surface area contributed by atoms with E-state index >= 15 is 0 Å². The van der Waals surface area contributed by atoms with Crippen molar-refractivity contribution < 1.29 is 23.0 Å². The highest BCUT2D eigenvalue weighted by Crippen LogP contribution is 2.38. The Labute approximate surface area is 176 Å². The summed E-state index contributed by atoms with van der Waals surface area (Å²) in [4.78, 5) is 31.0. The Morgan fingerprint density at radius 2 is 2.23 bits per heavy atom. The van der Waals surface area contributed by atoms with Crippen LogP contribution in [-0.4, -0.2) is 34.3 Å². The van der Waals surface area contributed by atoms with Gasteiger partial charge in [-0.05, 0) is 45.0 Å². The van der Waals surface area contributed by atoms with Gasteiger partial charge in [0.15, 0.2) is 5.16 Å². The molecular formula is C20H23F2N3O4S. The molecule has 1 atom stereocenters. The molecule has 0 spiro atoms. The molecule has 2 aromatic rings. The van der Waals surface area contributed by atoms with Gasteiger partial charge >= 0.3 is 0 Å². The van der Waals surface area contributed by atoms with Crippen molar-refractivity contribution in [2.24, 2.45) is 0 Å². The third-order valence-electron chi connectivity index (χ3n) is 4.58. The number of hydrogen-bond donors (Lipinski definition) is 2. The second-order valence-corrected chi connectivity index (χ2v) is 7.86. The third-order valence-corrected chi connectivity index (χ3v) is 5.17. The number of aromatic nitrogens is 2. The molecule has 1 aromatic heterocycles. The first-order valence-corrected chi connectivity index (χ1v) is 10.5. The zero-order valence-corrected chi connectivity index (χ0v) is 17.7. The molecule has 0 radical (unpaired) electrons. The van der Waals surface area contributed by atoms with Crippen LogP contribution in [-0.2, 0) is 17.6 Å². The molecule has 1 unspecified atom stereocenters. The van der Waals surface area contributed by atoms with Gasteiger partial charge < -0.3 is 19.8 Å². The minimum Gasteiger partial charge on any atom is -0.492 e. The number of amides is 1. The van der Waals surface area contributed by atoms with Crippen molar-refractivity contribution in [1.82, 2.24) is 9.97 Å². The van der Waals surface area contributed by atoms with Gasteiger partial charge in [-0.15, -0.1) is 0 Å². The predicted molar refractivity (Wildman–Crippen MR) is 110 cm³/mol. The van der Waals surface area contributed by atoms with Crippen molar-refractivity contribution in [2.75, 3.05) is 11.9 Å². The smallest absolute Gasteiger partial charge is 0.291 e. The molecule has 3 rings (SSSR count). The molecule has 30 heavy (non-hydrogen) atoms. The number of ether oxygens (including phenoxy) is 2. The van der Waals surface area contributed by atoms with Crippen molar-refractivity contribution in [3.8, 4) is 11.5 Å². The van der Waals surface area contributed by atoms with Crippen LogP contribution in [0.3, 0.4) is 0 Å². The number of thioether (sulfide) groups is 1. The Hall–Kier alpha value is -2.62. The monoisotopic (exact) mass is 439 g/mol. The normalized spacial score (nSPS) is 15.1. The molecular weight excluding hydrogens is 416 g/mol. The molecule has 2 heterocycles. The van der Waals surface area contributed by atoms with Crippen LogP contribution in [0.5, 0.6) is 11.5 Å². The summed E-state index contributed by atoms with van der Waals surface area (Å²) in [5.41, 5.74) is 1.62. The summed E-state index contributed by atoms with van der Waals surface area (Å²) in [5, 5.41) is 2.66. The van der Waals surface area contributed by atoms with Gasteiger partial charge in [0, 0.05) is 35.7 Å². The largest absolute Gasteiger partial charge is 0.492 e. The lowest BCUT2D eigenvalue weighted by molar-refractivity contribution is -0.116. The molecule has 1 amide bonds. The van der Waals surface area contributed by atoms with Gasteiger partial charge in [0.1, 0.15) is 17.6 Å². The lowest BCUT2D eigenvalue weighted by atomic mass is 10.1. The molecule has 7 nitrogen and oxygen atoms in total. The first kappa shape index (κ1) is 22.1. The summed E-state index contributed by atoms with van der Waals surface area (Å²) >= 11 is 0.173. The van der Waals surface area contributed by atoms with Crippen molar-refractivity contribution in [2.45, 2.75) is 57.1 Å². The number of halogens is 2. The highest BCUT2D eigenvalue weighted by molar-refractivity contribution is 7.99. The van der Waals surface area contributed by atoms with Crippen LogP contribution >= 0.6 is 11.8 Å². The maximum Gasteiger partial charge on any atom is 0.291 e. The summed E-state index contributed by atoms with van der Waals surface area (Å²) in [6, 6.07) is 3.62. The van der Waals surface area contributed by atoms with Gasteiger partial charge in [0.05, 0.1) is 12.3 Å². The molecule has 162 valence electrons. The number of nitrogens with zero attached hydrogens (tertiary/aromatic N) is 1. The van der Waals surface area contributed by atoms with Crippen molar-refractivity contribution in [1.29, 1.82) is 0 Å². The quantitative estimate of drug-likeness (QED) is 0.481. The number of benzene rings is 1. The van der Waals surface area contributed by atoms with E-state index in [4.69, 9.17) is 9.47 Å². The van der Waals surface area contributed by atoms with Crippen LogP contribution in [0.15, 0.2) is 22.1 Å². The fourth-order valence-electron chi connectivity index (χ4n) is 3.28. The SMILES string of the molecule is CCOc1cc2c(cc1NC(=O)CCc1c(C)nc(SC(F)F)[nH]c1=O)OC(C)C2. The second-order valence-electron chi connectivity index (χ2n) is 6.88. The number of nitrogens with one attached hydrogen (secondary N) is 2. The Morgan fingerprint density at radius 1 is 1.47 bits per heavy atom. The zero-order chi connectivity index (χ0) is 21.8. The van der Waals surface area contributed by atoms with E-state index in [1.165, 1.54) is 0 Å². The van der Waals surface area contributed by atoms with Gasteiger partial charge in [0.25, 0.3) is 11.3 Å². The summed E-state index contributed by atoms with van der Waals surface area (Å²) in [6.45, 7) is 5.83. The molecule has 0 fully saturated rings. The molecule has 1 aliphatic heterocycles. The molecule has 1 aliphatic rings. The Balaban J connectivity index is 1.70. The summed E-state index contributed by atoms with van der Waals surface area (Å²) in [7, 11) is 0. The predicted octanol–water partition coefficient (Wildman–Crippen LogP) is 3.69. The van der Waals surface area contributed by atoms with Crippen LogP contribution in [0.25, 0.3) is 0 Å². The second kappa shape index (κ2) is 9.46. The number of aromatic amines is 1. The van der Waals surface area contributed by atoms with E-state index in [0.29, 0.717) is 35.1 Å². The number of aryl methyl sites for hydroxylation is 1. The minimum absolute atomic E-state index is 0.0207. The van der Waals surface area contributed by atoms with Gasteiger partial charge in [-0.3, -0.25) is 9.59 Å². The van der Waals surface area contributed by atoms with E-state index in [0.717, 1.165) is 12.0 Å². The van der Waals surface area contributed by atoms with Gasteiger partial charge in [-0.2, -0.15) is 8.78 Å². The van der Waals surface area contributed by atoms with E-state index in [1.807, 2.05) is 19.9 Å². The Bertz CT molecular complexity index is 997. The molecule has 0 saturated heterocycles. The van der Waals surface area contributed by atoms with E-state index in [2.05, 4.69) is 15.3 Å². The molecule has 1 aromatic carbocycles. The van der Waals surface area contributed by atoms with Crippen LogP contribution in [0.4, 0.5) is 14.5 Å². The van der Waals surface area contributed by atoms with Gasteiger partial charge in [-0.1, -0.05) is 0 Å². The Morgan fingerprint density at radius 3 is 2.90 bits per heavy atom. The highest BCUT2D eigenvalue weighted by atomic mass is 32.2. The van der Waals surface area contributed by atoms with E-state index < -0.39 is 11.3 Å². The Kier molecular flexibility index (Phi) is 6.96. The first-order chi connectivity index (χ1) is 14.3. The van der Waals surface area contributed by atoms with E-state index in [9.17, 15) is 18.4 Å². The topological polar surface area (TPSA) is 93.3 Å². The molecule has 0 saturated carbocycles. The summed E-state index contributed by atoms with van der Waals surface area (Å²) in [5.74, 6) is -1.72. The van der Waals surface area contributed by atoms with E-state index in [1.54, 1.807) is 13.0 Å². The van der Waals surface area contributed by atoms with E-state index in [-0.39, 0.29) is 41.8 Å². The lowest BCUT2D eigenvalue weighted by Crippen LogP contribution is -2.20. The minimum atomic E-state index is -2.68. The fourth-order valence-corrected chi connectivity index (χ4v) is 3.79. The maximum atomic E-state index is 12.5. The number of H-pyrrole nitrogens is 1. The zero-order valence-electron chi connectivity index (χ0n) is 16.9. The number of hydrogen-bond acceptors (Lipinski definition) is 6. The van der Waals surface area contributed by atoms with Crippen molar-refractivity contribution in [3.05, 3.63) is 39.3 Å². The highest BCUT2D eigenvalue weighted by Gasteiger charge is 2.23. The average Bonchev–Trinajstić information content (AvgIpc) is 2.99. The lowest BCUT2D eigenvalue weighted by Gasteiger charge is -2.14. The van der Waals surface area contributed by atoms with Crippen LogP contribution in [0, 0.1) is 6.92 Å². The maximum absolute atomic E-state index is 12.5. The number of carbonyl (C=O) groups is 1. The number of rotatable bonds is 8. The molecule has 2 N–H and O–H groups in total. The fraction of sp³-hybridized carbons (Fsp3) is 0.450. The first-order valence-electron chi connectivity index (χ1n) is 9.57. The van der Waals surface area contributed by atoms with Crippen LogP contribution in [0.2, 0.25) is 0 Å². The molecule has 0 bridgehead atoms. The van der Waals surface area contributed by atoms with Gasteiger partial charge in [-0.25, -0.2) is 4.98 Å². The third kappa shape index (κ3) is 5.29. The summed E-state index contributed by atoms with van der Waals surface area (Å²) in [6.07, 6.45) is 0.988. The summed E-state index contributed by atoms with van der Waals surface area (Å²) < 4.78 is 36.3. The van der Waals surface area contributed by atoms with Crippen LogP contribution in [0.1, 0.15) is 37.1 Å². The standard InChI is InChI=1S/C20H23F2N3O4S/c1-4-28-16-8-12-7-10(2)29-15(12)9-14(16)24-17(26)6-5-13-11(3)23-20(25-18(13)27)30-19(21)22/h8-10,19H,4-7H2,1-3H3,(H,24,26)(H,23,25,27). The van der Waals surface area contributed by atoms with Gasteiger partial charge in [0.2, 0.25) is 5.91 Å². The average molecular weight is 439 g/mol.